The quantitative estimate of drug-likeness (QED) is 0.761. The highest BCUT2D eigenvalue weighted by Gasteiger charge is 2.17. The molecule has 2 unspecified atom stereocenters. The Hall–Kier alpha value is -0.860. The molecule has 0 aliphatic heterocycles. The molecular weight excluding hydrogens is 256 g/mol. The van der Waals surface area contributed by atoms with Crippen LogP contribution in [0.5, 0.6) is 0 Å². The number of benzene rings is 1. The van der Waals surface area contributed by atoms with Gasteiger partial charge in [0.2, 0.25) is 0 Å². The second kappa shape index (κ2) is 8.55. The van der Waals surface area contributed by atoms with Crippen molar-refractivity contribution < 1.29 is 0 Å². The molecule has 21 heavy (non-hydrogen) atoms. The van der Waals surface area contributed by atoms with Crippen LogP contribution in [0.15, 0.2) is 24.3 Å². The molecule has 1 N–H and O–H groups in total. The SMILES string of the molecule is CNC(CN(C)C(C)CC(C)C)c1ccc(C(C)C)cc1. The average Bonchev–Trinajstić information content (AvgIpc) is 2.43. The molecule has 0 aromatic heterocycles. The lowest BCUT2D eigenvalue weighted by molar-refractivity contribution is 0.208. The van der Waals surface area contributed by atoms with E-state index in [0.717, 1.165) is 12.5 Å². The van der Waals surface area contributed by atoms with Crippen LogP contribution >= 0.6 is 0 Å². The van der Waals surface area contributed by atoms with Crippen molar-refractivity contribution in [2.75, 3.05) is 20.6 Å². The zero-order valence-corrected chi connectivity index (χ0v) is 15.0. The Kier molecular flexibility index (Phi) is 7.41. The minimum absolute atomic E-state index is 0.394. The van der Waals surface area contributed by atoms with Crippen molar-refractivity contribution in [1.82, 2.24) is 10.2 Å². The minimum atomic E-state index is 0.394. The Bertz CT molecular complexity index is 395. The second-order valence-corrected chi connectivity index (χ2v) is 7.08. The largest absolute Gasteiger partial charge is 0.312 e. The summed E-state index contributed by atoms with van der Waals surface area (Å²) < 4.78 is 0. The molecule has 1 aromatic rings. The van der Waals surface area contributed by atoms with Crippen LogP contribution in [-0.2, 0) is 0 Å². The molecule has 0 aliphatic rings. The van der Waals surface area contributed by atoms with Crippen LogP contribution in [0.1, 0.15) is 64.1 Å². The van der Waals surface area contributed by atoms with E-state index in [1.54, 1.807) is 0 Å². The van der Waals surface area contributed by atoms with E-state index in [0.29, 0.717) is 18.0 Å². The summed E-state index contributed by atoms with van der Waals surface area (Å²) in [7, 11) is 4.29. The molecule has 0 aliphatic carbocycles. The summed E-state index contributed by atoms with van der Waals surface area (Å²) in [4.78, 5) is 2.47. The van der Waals surface area contributed by atoms with E-state index in [-0.39, 0.29) is 0 Å². The van der Waals surface area contributed by atoms with Crippen molar-refractivity contribution in [2.24, 2.45) is 5.92 Å². The van der Waals surface area contributed by atoms with Gasteiger partial charge in [-0.2, -0.15) is 0 Å². The lowest BCUT2D eigenvalue weighted by atomic mass is 9.98. The lowest BCUT2D eigenvalue weighted by Crippen LogP contribution is -2.37. The molecule has 0 saturated carbocycles. The second-order valence-electron chi connectivity index (χ2n) is 7.08. The van der Waals surface area contributed by atoms with Gasteiger partial charge in [-0.25, -0.2) is 0 Å². The molecule has 0 fully saturated rings. The smallest absolute Gasteiger partial charge is 0.0446 e. The van der Waals surface area contributed by atoms with Gasteiger partial charge in [0.25, 0.3) is 0 Å². The maximum atomic E-state index is 3.46. The van der Waals surface area contributed by atoms with Crippen molar-refractivity contribution in [2.45, 2.75) is 59.0 Å². The van der Waals surface area contributed by atoms with E-state index >= 15 is 0 Å². The van der Waals surface area contributed by atoms with Gasteiger partial charge < -0.3 is 10.2 Å². The third-order valence-corrected chi connectivity index (χ3v) is 4.39. The fourth-order valence-electron chi connectivity index (χ4n) is 2.81. The van der Waals surface area contributed by atoms with Crippen molar-refractivity contribution in [3.05, 3.63) is 35.4 Å². The highest BCUT2D eigenvalue weighted by Crippen LogP contribution is 2.20. The maximum absolute atomic E-state index is 3.46. The first kappa shape index (κ1) is 18.2. The van der Waals surface area contributed by atoms with Crippen LogP contribution in [0.4, 0.5) is 0 Å². The van der Waals surface area contributed by atoms with Gasteiger partial charge in [-0.05, 0) is 50.4 Å². The van der Waals surface area contributed by atoms with Gasteiger partial charge in [0, 0.05) is 18.6 Å². The molecule has 0 bridgehead atoms. The predicted octanol–water partition coefficient (Wildman–Crippen LogP) is 4.44. The number of nitrogens with one attached hydrogen (secondary N) is 1. The highest BCUT2D eigenvalue weighted by molar-refractivity contribution is 5.27. The van der Waals surface area contributed by atoms with Crippen molar-refractivity contribution in [1.29, 1.82) is 0 Å². The summed E-state index contributed by atoms with van der Waals surface area (Å²) in [5, 5.41) is 3.46. The molecule has 0 amide bonds. The summed E-state index contributed by atoms with van der Waals surface area (Å²) in [5.41, 5.74) is 2.79. The van der Waals surface area contributed by atoms with Crippen molar-refractivity contribution in [3.8, 4) is 0 Å². The van der Waals surface area contributed by atoms with Crippen LogP contribution in [0.25, 0.3) is 0 Å². The Morgan fingerprint density at radius 2 is 1.48 bits per heavy atom. The summed E-state index contributed by atoms with van der Waals surface area (Å²) in [5.74, 6) is 1.35. The first-order valence-electron chi connectivity index (χ1n) is 8.32. The standard InChI is InChI=1S/C19H34N2/c1-14(2)12-16(5)21(7)13-19(20-6)18-10-8-17(9-11-18)15(3)4/h8-11,14-16,19-20H,12-13H2,1-7H3. The van der Waals surface area contributed by atoms with Crippen LogP contribution in [-0.4, -0.2) is 31.6 Å². The Labute approximate surface area is 131 Å². The predicted molar refractivity (Wildman–Crippen MR) is 93.9 cm³/mol. The molecule has 2 atom stereocenters. The van der Waals surface area contributed by atoms with Gasteiger partial charge in [-0.15, -0.1) is 0 Å². The number of nitrogens with zero attached hydrogens (tertiary/aromatic N) is 1. The number of rotatable bonds is 8. The van der Waals surface area contributed by atoms with E-state index in [1.807, 2.05) is 0 Å². The molecule has 1 aromatic carbocycles. The monoisotopic (exact) mass is 290 g/mol. The summed E-state index contributed by atoms with van der Waals surface area (Å²) in [6.45, 7) is 12.5. The van der Waals surface area contributed by atoms with E-state index < -0.39 is 0 Å². The van der Waals surface area contributed by atoms with Crippen molar-refractivity contribution in [3.63, 3.8) is 0 Å². The van der Waals surface area contributed by atoms with E-state index in [1.165, 1.54) is 17.5 Å². The fraction of sp³-hybridized carbons (Fsp3) is 0.684. The number of hydrogen-bond donors (Lipinski definition) is 1. The molecule has 2 nitrogen and oxygen atoms in total. The molecule has 120 valence electrons. The zero-order valence-electron chi connectivity index (χ0n) is 15.0. The van der Waals surface area contributed by atoms with Gasteiger partial charge in [0.15, 0.2) is 0 Å². The fourth-order valence-corrected chi connectivity index (χ4v) is 2.81. The van der Waals surface area contributed by atoms with Gasteiger partial charge in [-0.3, -0.25) is 0 Å². The first-order chi connectivity index (χ1) is 9.85. The lowest BCUT2D eigenvalue weighted by Gasteiger charge is -2.30. The third-order valence-electron chi connectivity index (χ3n) is 4.39. The van der Waals surface area contributed by atoms with Crippen LogP contribution < -0.4 is 5.32 Å². The Balaban J connectivity index is 2.69. The molecule has 2 heteroatoms. The third kappa shape index (κ3) is 5.80. The highest BCUT2D eigenvalue weighted by atomic mass is 15.1. The van der Waals surface area contributed by atoms with E-state index in [2.05, 4.69) is 83.2 Å². The maximum Gasteiger partial charge on any atom is 0.0446 e. The van der Waals surface area contributed by atoms with E-state index in [4.69, 9.17) is 0 Å². The number of hydrogen-bond acceptors (Lipinski definition) is 2. The van der Waals surface area contributed by atoms with E-state index in [9.17, 15) is 0 Å². The molecule has 1 rings (SSSR count). The number of likely N-dealkylation sites (N-methyl/N-ethyl adjacent to an activating group) is 2. The molecule has 0 radical (unpaired) electrons. The minimum Gasteiger partial charge on any atom is -0.312 e. The summed E-state index contributed by atoms with van der Waals surface area (Å²) >= 11 is 0. The Morgan fingerprint density at radius 1 is 0.952 bits per heavy atom. The first-order valence-corrected chi connectivity index (χ1v) is 8.32. The van der Waals surface area contributed by atoms with Gasteiger partial charge in [-0.1, -0.05) is 52.0 Å². The van der Waals surface area contributed by atoms with Gasteiger partial charge in [0.05, 0.1) is 0 Å². The van der Waals surface area contributed by atoms with Crippen LogP contribution in [0.2, 0.25) is 0 Å². The topological polar surface area (TPSA) is 15.3 Å². The van der Waals surface area contributed by atoms with Gasteiger partial charge in [0.1, 0.15) is 0 Å². The normalized spacial score (nSPS) is 15.0. The van der Waals surface area contributed by atoms with Gasteiger partial charge >= 0.3 is 0 Å². The zero-order chi connectivity index (χ0) is 16.0. The molecule has 0 saturated heterocycles. The molecule has 0 heterocycles. The summed E-state index contributed by atoms with van der Waals surface area (Å²) in [6, 6.07) is 10.1. The van der Waals surface area contributed by atoms with Crippen LogP contribution in [0, 0.1) is 5.92 Å². The average molecular weight is 290 g/mol. The van der Waals surface area contributed by atoms with Crippen molar-refractivity contribution >= 4 is 0 Å². The summed E-state index contributed by atoms with van der Waals surface area (Å²) in [6.07, 6.45) is 1.25. The Morgan fingerprint density at radius 3 is 1.90 bits per heavy atom. The molecular formula is C19H34N2. The molecule has 0 spiro atoms. The van der Waals surface area contributed by atoms with Crippen LogP contribution in [0.3, 0.4) is 0 Å².